The van der Waals surface area contributed by atoms with E-state index in [0.717, 1.165) is 73.5 Å². The molecule has 424 valence electrons. The van der Waals surface area contributed by atoms with Gasteiger partial charge in [-0.15, -0.1) is 0 Å². The lowest BCUT2D eigenvalue weighted by Crippen LogP contribution is -2.49. The number of aliphatic imine (C=N–C) groups is 1. The summed E-state index contributed by atoms with van der Waals surface area (Å²) in [5, 5.41) is 52.5. The standard InChI is InChI=1S/C70H78B2N4O6Si/c1-10-49-27-31-59-67(39-49)83(8,9)68-41-54(73-7)30-34-60(68)69(59)55-32-28-50(38-48(55)6)51-29-33-58-61(40-51)63(45-75(36-18-17-26-66(77)46(2)3)42-52-20-11-15-24-64(52)71(79)80)57-23-14-13-22-56(57)62(58)44-76(37-19-35-74-70(78)47(4)5)43-53-21-12-16-25-65(53)72(81)82/h11-16,20-25,27-34,38-41,79-82H,2,4,10,17-19,26,35-37,42-45H2,1,3,5-9H3,(H,74,78). The highest BCUT2D eigenvalue weighted by Crippen LogP contribution is 2.44. The second-order valence-corrected chi connectivity index (χ2v) is 27.4. The van der Waals surface area contributed by atoms with Gasteiger partial charge in [-0.1, -0.05) is 161 Å². The minimum Gasteiger partial charge on any atom is -0.423 e. The van der Waals surface area contributed by atoms with E-state index in [1.807, 2.05) is 43.4 Å². The second kappa shape index (κ2) is 26.5. The van der Waals surface area contributed by atoms with Gasteiger partial charge in [0.25, 0.3) is 0 Å². The first-order valence-electron chi connectivity index (χ1n) is 29.2. The number of fused-ring (bicyclic) bond motifs is 4. The van der Waals surface area contributed by atoms with Crippen molar-refractivity contribution in [1.29, 1.82) is 0 Å². The number of unbranched alkanes of at least 4 members (excludes halogenated alkanes) is 1. The molecule has 0 radical (unpaired) electrons. The van der Waals surface area contributed by atoms with Gasteiger partial charge in [-0.25, -0.2) is 0 Å². The first-order chi connectivity index (χ1) is 39.9. The lowest BCUT2D eigenvalue weighted by Gasteiger charge is -2.38. The van der Waals surface area contributed by atoms with E-state index < -0.39 is 22.3 Å². The Bertz CT molecular complexity index is 3780. The van der Waals surface area contributed by atoms with Crippen LogP contribution in [0.25, 0.3) is 38.2 Å². The van der Waals surface area contributed by atoms with E-state index in [1.165, 1.54) is 43.8 Å². The van der Waals surface area contributed by atoms with Crippen molar-refractivity contribution < 1.29 is 29.7 Å². The van der Waals surface area contributed by atoms with Crippen LogP contribution < -0.4 is 21.4 Å². The topological polar surface area (TPSA) is 146 Å². The maximum atomic E-state index is 12.8. The average molecular weight is 1120 g/mol. The molecule has 2 aliphatic rings. The number of rotatable bonds is 24. The van der Waals surface area contributed by atoms with Crippen LogP contribution in [0.4, 0.5) is 0 Å². The maximum Gasteiger partial charge on any atom is 0.488 e. The number of nitrogens with zero attached hydrogens (tertiary/aromatic N) is 3. The molecule has 7 aromatic rings. The van der Waals surface area contributed by atoms with Gasteiger partial charge in [-0.3, -0.25) is 24.4 Å². The lowest BCUT2D eigenvalue weighted by molar-refractivity contribution is -0.117. The molecular weight excluding hydrogens is 1040 g/mol. The molecule has 1 amide bonds. The van der Waals surface area contributed by atoms with Gasteiger partial charge in [-0.2, -0.15) is 0 Å². The molecule has 0 bridgehead atoms. The molecule has 10 nitrogen and oxygen atoms in total. The van der Waals surface area contributed by atoms with Crippen LogP contribution in [-0.2, 0) is 42.2 Å². The number of carbonyl (C=O) groups excluding carboxylic acids is 2. The number of ketones is 1. The van der Waals surface area contributed by atoms with Crippen molar-refractivity contribution in [3.05, 3.63) is 225 Å². The Morgan fingerprint density at radius 2 is 1.20 bits per heavy atom. The van der Waals surface area contributed by atoms with E-state index in [2.05, 4.69) is 157 Å². The van der Waals surface area contributed by atoms with Gasteiger partial charge >= 0.3 is 14.2 Å². The highest BCUT2D eigenvalue weighted by Gasteiger charge is 2.40. The van der Waals surface area contributed by atoms with Crippen molar-refractivity contribution in [2.75, 3.05) is 26.7 Å². The number of benzene rings is 7. The number of carbonyl (C=O) groups is 2. The summed E-state index contributed by atoms with van der Waals surface area (Å²) in [4.78, 5) is 34.7. The van der Waals surface area contributed by atoms with E-state index in [1.54, 1.807) is 26.0 Å². The summed E-state index contributed by atoms with van der Waals surface area (Å²) < 4.78 is 0. The molecule has 0 unspecified atom stereocenters. The third-order valence-electron chi connectivity index (χ3n) is 16.9. The highest BCUT2D eigenvalue weighted by atomic mass is 28.3. The van der Waals surface area contributed by atoms with E-state index in [-0.39, 0.29) is 11.7 Å². The van der Waals surface area contributed by atoms with Crippen molar-refractivity contribution in [2.45, 2.75) is 99.1 Å². The molecule has 0 fully saturated rings. The Morgan fingerprint density at radius 1 is 0.639 bits per heavy atom. The summed E-state index contributed by atoms with van der Waals surface area (Å²) >= 11 is 0. The lowest BCUT2D eigenvalue weighted by atomic mass is 9.77. The third kappa shape index (κ3) is 13.4. The van der Waals surface area contributed by atoms with Crippen LogP contribution in [0, 0.1) is 6.92 Å². The van der Waals surface area contributed by atoms with Gasteiger partial charge in [0.05, 0.1) is 5.71 Å². The van der Waals surface area contributed by atoms with Gasteiger partial charge in [0.1, 0.15) is 8.07 Å². The molecule has 5 N–H and O–H groups in total. The number of amides is 1. The zero-order valence-corrected chi connectivity index (χ0v) is 50.4. The molecule has 1 aliphatic carbocycles. The first-order valence-corrected chi connectivity index (χ1v) is 32.2. The summed E-state index contributed by atoms with van der Waals surface area (Å²) in [6, 6.07) is 44.3. The normalized spacial score (nSPS) is 14.1. The zero-order chi connectivity index (χ0) is 59.1. The second-order valence-electron chi connectivity index (χ2n) is 23.1. The molecule has 13 heteroatoms. The number of aryl methyl sites for hydroxylation is 2. The summed E-state index contributed by atoms with van der Waals surface area (Å²) in [6.45, 7) is 24.1. The van der Waals surface area contributed by atoms with Crippen LogP contribution in [0.2, 0.25) is 13.1 Å². The Balaban J connectivity index is 1.21. The number of Topliss-reactive ketones (excluding diaryl/α,β-unsaturated/α-hetero) is 1. The fourth-order valence-electron chi connectivity index (χ4n) is 12.2. The Labute approximate surface area is 492 Å². The summed E-state index contributed by atoms with van der Waals surface area (Å²) in [7, 11) is -3.55. The maximum absolute atomic E-state index is 12.8. The number of nitrogens with one attached hydrogen (secondary N) is 1. The molecule has 0 saturated heterocycles. The number of hydrogen-bond donors (Lipinski definition) is 5. The van der Waals surface area contributed by atoms with Crippen LogP contribution in [-0.4, -0.2) is 96.3 Å². The quantitative estimate of drug-likeness (QED) is 0.0174. The predicted octanol–water partition coefficient (Wildman–Crippen LogP) is 10.1. The molecule has 0 spiro atoms. The van der Waals surface area contributed by atoms with Crippen LogP contribution >= 0.6 is 0 Å². The number of allylic oxidation sites excluding steroid dienone is 6. The Kier molecular flexibility index (Phi) is 19.2. The molecule has 0 atom stereocenters. The molecular formula is C70H78B2N4O6Si. The van der Waals surface area contributed by atoms with E-state index in [9.17, 15) is 29.7 Å². The van der Waals surface area contributed by atoms with Crippen LogP contribution in [0.3, 0.4) is 0 Å². The number of hydrogen-bond acceptors (Lipinski definition) is 9. The minimum atomic E-state index is -2.12. The summed E-state index contributed by atoms with van der Waals surface area (Å²) in [6.07, 6.45) is 10.2. The van der Waals surface area contributed by atoms with Gasteiger partial charge < -0.3 is 25.4 Å². The van der Waals surface area contributed by atoms with Crippen LogP contribution in [0.1, 0.15) is 91.0 Å². The predicted molar refractivity (Wildman–Crippen MR) is 348 cm³/mol. The average Bonchev–Trinajstić information content (AvgIpc) is 2.64. The van der Waals surface area contributed by atoms with Crippen molar-refractivity contribution in [3.63, 3.8) is 0 Å². The molecule has 83 heavy (non-hydrogen) atoms. The van der Waals surface area contributed by atoms with E-state index in [4.69, 9.17) is 0 Å². The highest BCUT2D eigenvalue weighted by molar-refractivity contribution is 6.98. The van der Waals surface area contributed by atoms with Crippen molar-refractivity contribution >= 4 is 82.9 Å². The Hall–Kier alpha value is -7.32. The third-order valence-corrected chi connectivity index (χ3v) is 20.4. The van der Waals surface area contributed by atoms with Gasteiger partial charge in [0.2, 0.25) is 5.91 Å². The molecule has 7 aromatic carbocycles. The zero-order valence-electron chi connectivity index (χ0n) is 49.4. The van der Waals surface area contributed by atoms with Crippen LogP contribution in [0.5, 0.6) is 0 Å². The largest absolute Gasteiger partial charge is 0.488 e. The van der Waals surface area contributed by atoms with Gasteiger partial charge in [0, 0.05) is 58.3 Å². The fourth-order valence-corrected chi connectivity index (χ4v) is 15.3. The van der Waals surface area contributed by atoms with Crippen molar-refractivity contribution in [2.24, 2.45) is 4.99 Å². The molecule has 1 heterocycles. The van der Waals surface area contributed by atoms with Crippen LogP contribution in [0.15, 0.2) is 186 Å². The molecule has 1 aliphatic heterocycles. The van der Waals surface area contributed by atoms with Gasteiger partial charge in [0.15, 0.2) is 5.78 Å². The molecule has 9 rings (SSSR count). The summed E-state index contributed by atoms with van der Waals surface area (Å²) in [5.41, 5.74) is 16.4. The SMILES string of the molecule is C=C(C)C(=O)CCCCN(Cc1ccccc1B(O)O)Cc1c2ccccc2c(CN(CCCNC(=O)C(=C)C)Cc2ccccc2B(O)O)c2ccc(-c3ccc(C4=C5C=CC(=NC)C=C5[Si](C)(C)c5cc(CC)ccc54)c(C)c3)cc12. The first kappa shape index (κ1) is 60.3. The summed E-state index contributed by atoms with van der Waals surface area (Å²) in [5.74, 6) is -0.133. The monoisotopic (exact) mass is 1120 g/mol. The Morgan fingerprint density at radius 3 is 1.80 bits per heavy atom. The van der Waals surface area contributed by atoms with Gasteiger partial charge in [-0.05, 0) is 186 Å². The van der Waals surface area contributed by atoms with Crippen molar-refractivity contribution in [1.82, 2.24) is 15.1 Å². The minimum absolute atomic E-state index is 0.0559. The molecule has 0 aromatic heterocycles. The molecule has 0 saturated carbocycles. The fraction of sp³-hybridized carbons (Fsp3) is 0.271. The van der Waals surface area contributed by atoms with E-state index in [0.29, 0.717) is 87.1 Å². The smallest absolute Gasteiger partial charge is 0.423 e. The van der Waals surface area contributed by atoms with Crippen molar-refractivity contribution in [3.8, 4) is 11.1 Å². The van der Waals surface area contributed by atoms with E-state index >= 15 is 0 Å².